The first-order chi connectivity index (χ1) is 15.4. The first-order valence-corrected chi connectivity index (χ1v) is 10.5. The van der Waals surface area contributed by atoms with Crippen LogP contribution in [0.5, 0.6) is 0 Å². The molecule has 1 aromatic heterocycles. The number of carbonyl (C=O) groups excluding carboxylic acids is 2. The van der Waals surface area contributed by atoms with Crippen LogP contribution < -0.4 is 5.32 Å². The van der Waals surface area contributed by atoms with Crippen molar-refractivity contribution in [1.29, 1.82) is 0 Å². The van der Waals surface area contributed by atoms with Gasteiger partial charge in [-0.3, -0.25) is 9.69 Å². The van der Waals surface area contributed by atoms with Crippen LogP contribution in [-0.2, 0) is 16.9 Å². The molecule has 4 aromatic rings. The number of imide groups is 1. The number of hydrogen-bond donors (Lipinski definition) is 1. The Morgan fingerprint density at radius 2 is 1.81 bits per heavy atom. The van der Waals surface area contributed by atoms with Gasteiger partial charge in [-0.1, -0.05) is 65.7 Å². The zero-order chi connectivity index (χ0) is 22.5. The fourth-order valence-corrected chi connectivity index (χ4v) is 4.40. The monoisotopic (exact) mass is 466 g/mol. The van der Waals surface area contributed by atoms with Crippen LogP contribution in [0.3, 0.4) is 0 Å². The fraction of sp³-hybridized carbons (Fsp3) is 0.130. The van der Waals surface area contributed by atoms with Gasteiger partial charge in [-0.05, 0) is 41.5 Å². The Morgan fingerprint density at radius 3 is 2.62 bits per heavy atom. The van der Waals surface area contributed by atoms with Crippen molar-refractivity contribution in [3.05, 3.63) is 82.2 Å². The van der Waals surface area contributed by atoms with Gasteiger partial charge in [0, 0.05) is 5.02 Å². The molecular weight excluding hydrogens is 451 g/mol. The largest absolute Gasteiger partial charge is 0.419 e. The first kappa shape index (κ1) is 20.5. The molecule has 1 saturated heterocycles. The Morgan fingerprint density at radius 1 is 1.03 bits per heavy atom. The summed E-state index contributed by atoms with van der Waals surface area (Å²) in [5.74, 6) is -0.120. The summed E-state index contributed by atoms with van der Waals surface area (Å²) in [7, 11) is 0. The topological polar surface area (TPSA) is 88.3 Å². The smallest absolute Gasteiger partial charge is 0.325 e. The number of nitrogens with zero attached hydrogens (tertiary/aromatic N) is 3. The number of aromatic nitrogens is 2. The van der Waals surface area contributed by atoms with Gasteiger partial charge < -0.3 is 9.73 Å². The molecule has 2 heterocycles. The van der Waals surface area contributed by atoms with Gasteiger partial charge in [-0.15, -0.1) is 10.2 Å². The lowest BCUT2D eigenvalue weighted by atomic mass is 9.88. The molecule has 1 aliphatic heterocycles. The van der Waals surface area contributed by atoms with Gasteiger partial charge in [0.15, 0.2) is 0 Å². The lowest BCUT2D eigenvalue weighted by Gasteiger charge is -2.23. The quantitative estimate of drug-likeness (QED) is 0.419. The molecule has 1 unspecified atom stereocenters. The Kier molecular flexibility index (Phi) is 4.87. The molecule has 3 amide bonds. The van der Waals surface area contributed by atoms with Crippen LogP contribution in [0, 0.1) is 0 Å². The van der Waals surface area contributed by atoms with Crippen LogP contribution in [0.25, 0.3) is 22.2 Å². The molecule has 7 nitrogen and oxygen atoms in total. The Labute approximate surface area is 192 Å². The number of nitrogens with one attached hydrogen (secondary N) is 1. The van der Waals surface area contributed by atoms with Crippen molar-refractivity contribution in [3.63, 3.8) is 0 Å². The summed E-state index contributed by atoms with van der Waals surface area (Å²) in [4.78, 5) is 27.2. The minimum atomic E-state index is -1.22. The number of hydrogen-bond acceptors (Lipinski definition) is 5. The van der Waals surface area contributed by atoms with Crippen LogP contribution in [0.1, 0.15) is 18.4 Å². The molecule has 1 N–H and O–H groups in total. The maximum Gasteiger partial charge on any atom is 0.325 e. The second-order valence-electron chi connectivity index (χ2n) is 7.60. The highest BCUT2D eigenvalue weighted by molar-refractivity contribution is 6.36. The lowest BCUT2D eigenvalue weighted by molar-refractivity contribution is -0.131. The summed E-state index contributed by atoms with van der Waals surface area (Å²) in [5.41, 5.74) is 0.00327. The molecule has 0 radical (unpaired) electrons. The summed E-state index contributed by atoms with van der Waals surface area (Å²) in [6.45, 7) is 1.53. The van der Waals surface area contributed by atoms with E-state index in [-0.39, 0.29) is 18.3 Å². The van der Waals surface area contributed by atoms with E-state index in [9.17, 15) is 9.59 Å². The maximum atomic E-state index is 13.4. The molecule has 1 fully saturated rings. The predicted octanol–water partition coefficient (Wildman–Crippen LogP) is 5.16. The molecule has 5 rings (SSSR count). The third kappa shape index (κ3) is 3.30. The number of fused-ring (bicyclic) bond motifs is 1. The van der Waals surface area contributed by atoms with Gasteiger partial charge in [0.25, 0.3) is 5.91 Å². The van der Waals surface area contributed by atoms with Crippen molar-refractivity contribution in [2.45, 2.75) is 19.0 Å². The van der Waals surface area contributed by atoms with Gasteiger partial charge in [0.2, 0.25) is 11.8 Å². The van der Waals surface area contributed by atoms with Crippen LogP contribution in [-0.4, -0.2) is 27.0 Å². The minimum Gasteiger partial charge on any atom is -0.419 e. The van der Waals surface area contributed by atoms with Crippen molar-refractivity contribution in [2.75, 3.05) is 0 Å². The Bertz CT molecular complexity index is 1380. The number of urea groups is 1. The predicted molar refractivity (Wildman–Crippen MR) is 120 cm³/mol. The standard InChI is InChI=1S/C23H16Cl2N4O3/c1-23(17-8-4-6-13-5-2-3-7-15(13)17)21(30)29(22(31)26-23)12-19-27-28-20(32-19)16-10-9-14(24)11-18(16)25/h2-11H,12H2,1H3,(H,26,31). The SMILES string of the molecule is CC1(c2cccc3ccccc23)NC(=O)N(Cc2nnc(-c3ccc(Cl)cc3Cl)o2)C1=O. The third-order valence-electron chi connectivity index (χ3n) is 5.53. The molecular formula is C23H16Cl2N4O3. The summed E-state index contributed by atoms with van der Waals surface area (Å²) in [6, 6.07) is 17.7. The molecule has 160 valence electrons. The Hall–Kier alpha value is -3.42. The van der Waals surface area contributed by atoms with Gasteiger partial charge in [0.1, 0.15) is 12.1 Å². The van der Waals surface area contributed by atoms with Crippen LogP contribution in [0.15, 0.2) is 65.1 Å². The molecule has 3 aromatic carbocycles. The number of benzene rings is 3. The zero-order valence-electron chi connectivity index (χ0n) is 16.8. The first-order valence-electron chi connectivity index (χ1n) is 9.77. The molecule has 0 saturated carbocycles. The fourth-order valence-electron chi connectivity index (χ4n) is 3.91. The van der Waals surface area contributed by atoms with Crippen LogP contribution in [0.2, 0.25) is 10.0 Å². The van der Waals surface area contributed by atoms with Crippen molar-refractivity contribution in [1.82, 2.24) is 20.4 Å². The second kappa shape index (κ2) is 7.62. The second-order valence-corrected chi connectivity index (χ2v) is 8.44. The lowest BCUT2D eigenvalue weighted by Crippen LogP contribution is -2.41. The van der Waals surface area contributed by atoms with E-state index in [4.69, 9.17) is 27.6 Å². The van der Waals surface area contributed by atoms with Crippen LogP contribution >= 0.6 is 23.2 Å². The molecule has 1 atom stereocenters. The van der Waals surface area contributed by atoms with Gasteiger partial charge in [-0.25, -0.2) is 4.79 Å². The maximum absolute atomic E-state index is 13.4. The van der Waals surface area contributed by atoms with E-state index in [1.54, 1.807) is 25.1 Å². The molecule has 0 bridgehead atoms. The summed E-state index contributed by atoms with van der Waals surface area (Å²) in [5, 5.41) is 13.5. The van der Waals surface area contributed by atoms with E-state index >= 15 is 0 Å². The van der Waals surface area contributed by atoms with E-state index in [0.717, 1.165) is 21.2 Å². The Balaban J connectivity index is 1.44. The van der Waals surface area contributed by atoms with E-state index in [2.05, 4.69) is 15.5 Å². The van der Waals surface area contributed by atoms with Gasteiger partial charge in [-0.2, -0.15) is 0 Å². The average molecular weight is 467 g/mol. The number of amides is 3. The normalized spacial score (nSPS) is 18.4. The molecule has 9 heteroatoms. The molecule has 0 spiro atoms. The number of rotatable bonds is 4. The summed E-state index contributed by atoms with van der Waals surface area (Å²) in [6.07, 6.45) is 0. The summed E-state index contributed by atoms with van der Waals surface area (Å²) >= 11 is 12.1. The highest BCUT2D eigenvalue weighted by atomic mass is 35.5. The van der Waals surface area contributed by atoms with Crippen molar-refractivity contribution in [3.8, 4) is 11.5 Å². The van der Waals surface area contributed by atoms with E-state index < -0.39 is 17.5 Å². The molecule has 0 aliphatic carbocycles. The third-order valence-corrected chi connectivity index (χ3v) is 6.07. The van der Waals surface area contributed by atoms with Crippen molar-refractivity contribution >= 4 is 45.9 Å². The number of carbonyl (C=O) groups is 2. The van der Waals surface area contributed by atoms with Crippen LogP contribution in [0.4, 0.5) is 4.79 Å². The summed E-state index contributed by atoms with van der Waals surface area (Å²) < 4.78 is 5.67. The van der Waals surface area contributed by atoms with Gasteiger partial charge >= 0.3 is 6.03 Å². The van der Waals surface area contributed by atoms with E-state index in [1.165, 1.54) is 0 Å². The van der Waals surface area contributed by atoms with E-state index in [1.807, 2.05) is 42.5 Å². The van der Waals surface area contributed by atoms with Crippen molar-refractivity contribution in [2.24, 2.45) is 0 Å². The average Bonchev–Trinajstić information content (AvgIpc) is 3.32. The van der Waals surface area contributed by atoms with E-state index in [0.29, 0.717) is 15.6 Å². The zero-order valence-corrected chi connectivity index (χ0v) is 18.3. The number of halogens is 2. The van der Waals surface area contributed by atoms with Crippen molar-refractivity contribution < 1.29 is 14.0 Å². The highest BCUT2D eigenvalue weighted by Crippen LogP contribution is 2.35. The highest BCUT2D eigenvalue weighted by Gasteiger charge is 2.50. The molecule has 1 aliphatic rings. The van der Waals surface area contributed by atoms with Gasteiger partial charge in [0.05, 0.1) is 10.6 Å². The molecule has 32 heavy (non-hydrogen) atoms. The minimum absolute atomic E-state index is 0.108.